The van der Waals surface area contributed by atoms with Gasteiger partial charge in [-0.3, -0.25) is 4.79 Å². The lowest BCUT2D eigenvalue weighted by Gasteiger charge is -2.31. The molecule has 2 rings (SSSR count). The molecule has 0 radical (unpaired) electrons. The first-order chi connectivity index (χ1) is 10.1. The molecular weight excluding hydrogens is 307 g/mol. The Bertz CT molecular complexity index is 492. The summed E-state index contributed by atoms with van der Waals surface area (Å²) in [5.41, 5.74) is 0.211. The molecule has 0 spiro atoms. The predicted octanol–water partition coefficient (Wildman–Crippen LogP) is 5.23. The van der Waals surface area contributed by atoms with Gasteiger partial charge in [-0.1, -0.05) is 55.0 Å². The number of carbonyl (C=O) groups is 1. The van der Waals surface area contributed by atoms with Crippen LogP contribution in [-0.4, -0.2) is 18.0 Å². The molecule has 2 nitrogen and oxygen atoms in total. The number of hydrogen-bond donors (Lipinski definition) is 0. The third kappa shape index (κ3) is 4.21. The molecule has 1 fully saturated rings. The van der Waals surface area contributed by atoms with Crippen molar-refractivity contribution in [3.8, 4) is 0 Å². The van der Waals surface area contributed by atoms with Gasteiger partial charge >= 0.3 is 0 Å². The highest BCUT2D eigenvalue weighted by molar-refractivity contribution is 6.35. The molecule has 0 heterocycles. The van der Waals surface area contributed by atoms with Crippen molar-refractivity contribution in [2.24, 2.45) is 0 Å². The van der Waals surface area contributed by atoms with Crippen molar-refractivity contribution < 1.29 is 9.53 Å². The van der Waals surface area contributed by atoms with E-state index < -0.39 is 5.60 Å². The summed E-state index contributed by atoms with van der Waals surface area (Å²) in [6.07, 6.45) is 6.44. The lowest BCUT2D eigenvalue weighted by Crippen LogP contribution is -2.42. The van der Waals surface area contributed by atoms with Crippen LogP contribution >= 0.6 is 23.2 Å². The van der Waals surface area contributed by atoms with E-state index in [1.165, 1.54) is 12.8 Å². The van der Waals surface area contributed by atoms with Gasteiger partial charge in [-0.2, -0.15) is 0 Å². The van der Waals surface area contributed by atoms with Crippen LogP contribution in [0.25, 0.3) is 0 Å². The van der Waals surface area contributed by atoms with E-state index in [1.54, 1.807) is 12.1 Å². The highest BCUT2D eigenvalue weighted by Crippen LogP contribution is 2.33. The van der Waals surface area contributed by atoms with Crippen molar-refractivity contribution in [1.82, 2.24) is 0 Å². The molecule has 116 valence electrons. The Kier molecular flexibility index (Phi) is 6.09. The molecule has 1 aromatic carbocycles. The molecule has 0 unspecified atom stereocenters. The van der Waals surface area contributed by atoms with Gasteiger partial charge in [0.15, 0.2) is 5.78 Å². The van der Waals surface area contributed by atoms with E-state index in [0.717, 1.165) is 31.2 Å². The number of hydrogen-bond acceptors (Lipinski definition) is 2. The van der Waals surface area contributed by atoms with Gasteiger partial charge < -0.3 is 4.74 Å². The first-order valence-electron chi connectivity index (χ1n) is 7.68. The normalized spacial score (nSPS) is 18.2. The molecule has 1 aliphatic rings. The molecular formula is C17H22Cl2O2. The minimum atomic E-state index is -0.617. The van der Waals surface area contributed by atoms with Gasteiger partial charge in [0.25, 0.3) is 0 Å². The van der Waals surface area contributed by atoms with E-state index in [-0.39, 0.29) is 5.78 Å². The lowest BCUT2D eigenvalue weighted by atomic mass is 9.86. The zero-order valence-electron chi connectivity index (χ0n) is 12.5. The van der Waals surface area contributed by atoms with Gasteiger partial charge in [-0.05, 0) is 37.5 Å². The van der Waals surface area contributed by atoms with Crippen LogP contribution in [-0.2, 0) is 16.0 Å². The third-order valence-electron chi connectivity index (χ3n) is 4.21. The molecule has 1 saturated carbocycles. The maximum Gasteiger partial charge on any atom is 0.169 e. The molecule has 0 N–H and O–H groups in total. The fourth-order valence-electron chi connectivity index (χ4n) is 3.08. The Morgan fingerprint density at radius 2 is 1.86 bits per heavy atom. The Balaban J connectivity index is 2.18. The minimum Gasteiger partial charge on any atom is -0.367 e. The first kappa shape index (κ1) is 16.8. The van der Waals surface area contributed by atoms with Crippen LogP contribution in [0.5, 0.6) is 0 Å². The average Bonchev–Trinajstić information content (AvgIpc) is 2.69. The van der Waals surface area contributed by atoms with Gasteiger partial charge in [-0.25, -0.2) is 0 Å². The Morgan fingerprint density at radius 1 is 1.19 bits per heavy atom. The van der Waals surface area contributed by atoms with Crippen LogP contribution in [0.2, 0.25) is 10.0 Å². The fraction of sp³-hybridized carbons (Fsp3) is 0.588. The summed E-state index contributed by atoms with van der Waals surface area (Å²) in [7, 11) is 0. The highest BCUT2D eigenvalue weighted by Gasteiger charge is 2.38. The second-order valence-corrected chi connectivity index (χ2v) is 6.52. The number of Topliss-reactive ketones (excluding diaryl/α,β-unsaturated/α-hetero) is 1. The van der Waals surface area contributed by atoms with Gasteiger partial charge in [0.05, 0.1) is 0 Å². The summed E-state index contributed by atoms with van der Waals surface area (Å²) < 4.78 is 5.93. The Morgan fingerprint density at radius 3 is 2.43 bits per heavy atom. The third-order valence-corrected chi connectivity index (χ3v) is 4.79. The van der Waals surface area contributed by atoms with E-state index in [1.807, 2.05) is 13.0 Å². The van der Waals surface area contributed by atoms with E-state index >= 15 is 0 Å². The molecule has 0 bridgehead atoms. The quantitative estimate of drug-likeness (QED) is 0.691. The summed E-state index contributed by atoms with van der Waals surface area (Å²) in [6.45, 7) is 2.52. The summed E-state index contributed by atoms with van der Waals surface area (Å²) in [4.78, 5) is 12.9. The van der Waals surface area contributed by atoms with E-state index in [9.17, 15) is 4.79 Å². The Labute approximate surface area is 136 Å². The summed E-state index contributed by atoms with van der Waals surface area (Å²) in [5.74, 6) is 0.149. The van der Waals surface area contributed by atoms with Crippen LogP contribution in [0.4, 0.5) is 0 Å². The molecule has 0 atom stereocenters. The van der Waals surface area contributed by atoms with Gasteiger partial charge in [-0.15, -0.1) is 0 Å². The number of ether oxygens (including phenoxy) is 1. The van der Waals surface area contributed by atoms with Gasteiger partial charge in [0.1, 0.15) is 5.60 Å². The van der Waals surface area contributed by atoms with Crippen LogP contribution in [0, 0.1) is 0 Å². The summed E-state index contributed by atoms with van der Waals surface area (Å²) in [6, 6.07) is 5.29. The Hall–Kier alpha value is -0.570. The molecule has 1 aromatic rings. The van der Waals surface area contributed by atoms with Crippen molar-refractivity contribution in [2.75, 3.05) is 6.61 Å². The van der Waals surface area contributed by atoms with E-state index in [4.69, 9.17) is 27.9 Å². The van der Waals surface area contributed by atoms with Gasteiger partial charge in [0.2, 0.25) is 0 Å². The van der Waals surface area contributed by atoms with Crippen molar-refractivity contribution in [1.29, 1.82) is 0 Å². The van der Waals surface area contributed by atoms with Crippen molar-refractivity contribution in [3.63, 3.8) is 0 Å². The minimum absolute atomic E-state index is 0.149. The molecule has 0 aromatic heterocycles. The molecule has 21 heavy (non-hydrogen) atoms. The summed E-state index contributed by atoms with van der Waals surface area (Å²) >= 11 is 12.1. The van der Waals surface area contributed by atoms with Crippen molar-refractivity contribution in [3.05, 3.63) is 33.8 Å². The maximum absolute atomic E-state index is 12.9. The predicted molar refractivity (Wildman–Crippen MR) is 87.2 cm³/mol. The zero-order valence-corrected chi connectivity index (χ0v) is 14.0. The van der Waals surface area contributed by atoms with Crippen LogP contribution in [0.15, 0.2) is 18.2 Å². The standard InChI is InChI=1S/C17H22Cl2O2/c1-2-21-17(9-5-3-4-6-10-17)16(20)11-13-7-8-14(18)12-15(13)19/h7-8,12H,2-6,9-11H2,1H3. The first-order valence-corrected chi connectivity index (χ1v) is 8.44. The molecule has 0 amide bonds. The highest BCUT2D eigenvalue weighted by atomic mass is 35.5. The maximum atomic E-state index is 12.9. The molecule has 4 heteroatoms. The van der Waals surface area contributed by atoms with Crippen LogP contribution in [0.3, 0.4) is 0 Å². The summed E-state index contributed by atoms with van der Waals surface area (Å²) in [5, 5.41) is 1.14. The largest absolute Gasteiger partial charge is 0.367 e. The average molecular weight is 329 g/mol. The van der Waals surface area contributed by atoms with E-state index in [2.05, 4.69) is 0 Å². The number of benzene rings is 1. The smallest absolute Gasteiger partial charge is 0.169 e. The number of carbonyl (C=O) groups excluding carboxylic acids is 1. The number of halogens is 2. The zero-order chi connectivity index (χ0) is 15.3. The van der Waals surface area contributed by atoms with E-state index in [0.29, 0.717) is 23.1 Å². The SMILES string of the molecule is CCOC1(C(=O)Cc2ccc(Cl)cc2Cl)CCCCCC1. The molecule has 0 saturated heterocycles. The second kappa shape index (κ2) is 7.62. The topological polar surface area (TPSA) is 26.3 Å². The van der Waals surface area contributed by atoms with Crippen LogP contribution < -0.4 is 0 Å². The number of ketones is 1. The molecule has 1 aliphatic carbocycles. The van der Waals surface area contributed by atoms with Gasteiger partial charge in [0, 0.05) is 23.1 Å². The fourth-order valence-corrected chi connectivity index (χ4v) is 3.55. The van der Waals surface area contributed by atoms with Crippen LogP contribution in [0.1, 0.15) is 51.0 Å². The molecule has 0 aliphatic heterocycles. The second-order valence-electron chi connectivity index (χ2n) is 5.68. The van der Waals surface area contributed by atoms with Crippen molar-refractivity contribution >= 4 is 29.0 Å². The lowest BCUT2D eigenvalue weighted by molar-refractivity contribution is -0.145. The number of rotatable bonds is 5. The van der Waals surface area contributed by atoms with Crippen molar-refractivity contribution in [2.45, 2.75) is 57.5 Å². The monoisotopic (exact) mass is 328 g/mol.